The molecule has 2 aromatic rings. The first-order valence-electron chi connectivity index (χ1n) is 6.17. The maximum absolute atomic E-state index is 6.06. The third kappa shape index (κ3) is 4.44. The number of hydrazine groups is 1. The van der Waals surface area contributed by atoms with Crippen LogP contribution in [0.5, 0.6) is 11.6 Å². The number of ether oxygens (including phenoxy) is 2. The maximum atomic E-state index is 6.06. The Balaban J connectivity index is 2.25. The van der Waals surface area contributed by atoms with Crippen LogP contribution >= 0.6 is 23.2 Å². The summed E-state index contributed by atoms with van der Waals surface area (Å²) in [6.45, 7) is 2.70. The van der Waals surface area contributed by atoms with Gasteiger partial charge >= 0.3 is 0 Å². The fraction of sp³-hybridized carbons (Fsp3) is 0.231. The lowest BCUT2D eigenvalue weighted by molar-refractivity contribution is 0.128. The van der Waals surface area contributed by atoms with Crippen LogP contribution in [0.1, 0.15) is 12.7 Å². The van der Waals surface area contributed by atoms with Crippen molar-refractivity contribution in [3.05, 3.63) is 40.1 Å². The van der Waals surface area contributed by atoms with E-state index in [9.17, 15) is 0 Å². The molecule has 0 amide bonds. The summed E-state index contributed by atoms with van der Waals surface area (Å²) in [6, 6.07) is 6.47. The maximum Gasteiger partial charge on any atom is 0.224 e. The highest BCUT2D eigenvalue weighted by molar-refractivity contribution is 6.35. The molecule has 3 N–H and O–H groups in total. The van der Waals surface area contributed by atoms with Gasteiger partial charge in [0.05, 0.1) is 5.02 Å². The number of anilines is 1. The van der Waals surface area contributed by atoms with Crippen molar-refractivity contribution in [3.63, 3.8) is 0 Å². The number of hydrogen-bond acceptors (Lipinski definition) is 6. The summed E-state index contributed by atoms with van der Waals surface area (Å²) in [6.07, 6.45) is 0. The van der Waals surface area contributed by atoms with Crippen LogP contribution in [0.15, 0.2) is 24.3 Å². The van der Waals surface area contributed by atoms with E-state index in [1.165, 1.54) is 0 Å². The second kappa shape index (κ2) is 7.42. The van der Waals surface area contributed by atoms with Crippen molar-refractivity contribution in [1.29, 1.82) is 0 Å². The fourth-order valence-electron chi connectivity index (χ4n) is 1.53. The molecule has 0 fully saturated rings. The Hall–Kier alpha value is -1.60. The summed E-state index contributed by atoms with van der Waals surface area (Å²) in [5.41, 5.74) is 2.45. The highest BCUT2D eigenvalue weighted by atomic mass is 35.5. The largest absolute Gasteiger partial charge is 0.437 e. The third-order valence-electron chi connectivity index (χ3n) is 2.44. The van der Waals surface area contributed by atoms with Gasteiger partial charge in [-0.3, -0.25) is 0 Å². The zero-order chi connectivity index (χ0) is 15.2. The molecule has 1 aromatic carbocycles. The monoisotopic (exact) mass is 328 g/mol. The summed E-state index contributed by atoms with van der Waals surface area (Å²) in [5, 5.41) is 0.908. The molecule has 0 bridgehead atoms. The molecule has 0 unspecified atom stereocenters. The molecular weight excluding hydrogens is 315 g/mol. The molecule has 0 radical (unpaired) electrons. The molecular formula is C13H14Cl2N4O2. The Morgan fingerprint density at radius 2 is 2.05 bits per heavy atom. The molecule has 0 atom stereocenters. The van der Waals surface area contributed by atoms with E-state index >= 15 is 0 Å². The summed E-state index contributed by atoms with van der Waals surface area (Å²) in [4.78, 5) is 8.39. The number of hydrogen-bond donors (Lipinski definition) is 2. The predicted molar refractivity (Wildman–Crippen MR) is 81.7 cm³/mol. The minimum Gasteiger partial charge on any atom is -0.437 e. The summed E-state index contributed by atoms with van der Waals surface area (Å²) >= 11 is 11.9. The number of rotatable bonds is 6. The van der Waals surface area contributed by atoms with E-state index in [0.717, 1.165) is 0 Å². The summed E-state index contributed by atoms with van der Waals surface area (Å²) < 4.78 is 10.9. The first kappa shape index (κ1) is 15.8. The van der Waals surface area contributed by atoms with Crippen LogP contribution < -0.4 is 16.0 Å². The Kier molecular flexibility index (Phi) is 5.58. The molecule has 0 saturated heterocycles. The van der Waals surface area contributed by atoms with Crippen molar-refractivity contribution in [2.24, 2.45) is 5.84 Å². The standard InChI is InChI=1S/C13H14Cl2N4O2/c1-2-20-7-12-17-11(19-16)6-13(18-12)21-10-4-3-8(14)5-9(10)15/h3-6H,2,7,16H2,1H3,(H,17,18,19). The highest BCUT2D eigenvalue weighted by Gasteiger charge is 2.09. The van der Waals surface area contributed by atoms with Crippen LogP contribution in [0.25, 0.3) is 0 Å². The van der Waals surface area contributed by atoms with Crippen LogP contribution in [0.3, 0.4) is 0 Å². The van der Waals surface area contributed by atoms with Gasteiger partial charge in [-0.15, -0.1) is 0 Å². The number of nitrogens with one attached hydrogen (secondary N) is 1. The van der Waals surface area contributed by atoms with E-state index in [0.29, 0.717) is 39.9 Å². The number of nitrogens with zero attached hydrogens (tertiary/aromatic N) is 2. The molecule has 1 heterocycles. The number of nitrogens with two attached hydrogens (primary N) is 1. The van der Waals surface area contributed by atoms with Gasteiger partial charge in [0.2, 0.25) is 5.88 Å². The normalized spacial score (nSPS) is 10.5. The smallest absolute Gasteiger partial charge is 0.224 e. The van der Waals surface area contributed by atoms with Gasteiger partial charge in [0.1, 0.15) is 18.2 Å². The number of benzene rings is 1. The molecule has 0 aliphatic carbocycles. The second-order valence-corrected chi connectivity index (χ2v) is 4.81. The minimum absolute atomic E-state index is 0.261. The van der Waals surface area contributed by atoms with E-state index in [-0.39, 0.29) is 6.61 Å². The minimum atomic E-state index is 0.261. The first-order valence-corrected chi connectivity index (χ1v) is 6.93. The van der Waals surface area contributed by atoms with Gasteiger partial charge in [0, 0.05) is 17.7 Å². The Morgan fingerprint density at radius 1 is 1.24 bits per heavy atom. The fourth-order valence-corrected chi connectivity index (χ4v) is 1.97. The van der Waals surface area contributed by atoms with E-state index in [1.807, 2.05) is 6.92 Å². The van der Waals surface area contributed by atoms with Gasteiger partial charge in [0.25, 0.3) is 0 Å². The van der Waals surface area contributed by atoms with Crippen LogP contribution in [0.2, 0.25) is 10.0 Å². The van der Waals surface area contributed by atoms with Crippen molar-refractivity contribution in [2.75, 3.05) is 12.0 Å². The van der Waals surface area contributed by atoms with E-state index < -0.39 is 0 Å². The summed E-state index contributed by atoms with van der Waals surface area (Å²) in [7, 11) is 0. The molecule has 0 aliphatic rings. The highest BCUT2D eigenvalue weighted by Crippen LogP contribution is 2.31. The Morgan fingerprint density at radius 3 is 2.71 bits per heavy atom. The lowest BCUT2D eigenvalue weighted by Gasteiger charge is -2.10. The number of halogens is 2. The van der Waals surface area contributed by atoms with Crippen molar-refractivity contribution in [2.45, 2.75) is 13.5 Å². The molecule has 0 aliphatic heterocycles. The Labute approximate surface area is 132 Å². The van der Waals surface area contributed by atoms with Gasteiger partial charge in [0.15, 0.2) is 5.82 Å². The summed E-state index contributed by atoms with van der Waals surface area (Å²) in [5.74, 6) is 6.98. The van der Waals surface area contributed by atoms with Gasteiger partial charge in [-0.05, 0) is 25.1 Å². The van der Waals surface area contributed by atoms with Gasteiger partial charge < -0.3 is 14.9 Å². The van der Waals surface area contributed by atoms with Crippen LogP contribution in [0, 0.1) is 0 Å². The molecule has 1 aromatic heterocycles. The topological polar surface area (TPSA) is 82.3 Å². The Bertz CT molecular complexity index is 625. The van der Waals surface area contributed by atoms with Crippen LogP contribution in [0.4, 0.5) is 5.82 Å². The van der Waals surface area contributed by atoms with Crippen LogP contribution in [-0.4, -0.2) is 16.6 Å². The van der Waals surface area contributed by atoms with Gasteiger partial charge in [-0.1, -0.05) is 23.2 Å². The SMILES string of the molecule is CCOCc1nc(NN)cc(Oc2ccc(Cl)cc2Cl)n1. The third-order valence-corrected chi connectivity index (χ3v) is 2.97. The first-order chi connectivity index (χ1) is 10.1. The van der Waals surface area contributed by atoms with Crippen LogP contribution in [-0.2, 0) is 11.3 Å². The lowest BCUT2D eigenvalue weighted by Crippen LogP contribution is -2.11. The number of aromatic nitrogens is 2. The van der Waals surface area contributed by atoms with Crippen molar-refractivity contribution < 1.29 is 9.47 Å². The van der Waals surface area contributed by atoms with Gasteiger partial charge in [-0.2, -0.15) is 4.98 Å². The van der Waals surface area contributed by atoms with Gasteiger partial charge in [-0.25, -0.2) is 10.8 Å². The van der Waals surface area contributed by atoms with E-state index in [4.69, 9.17) is 38.5 Å². The predicted octanol–water partition coefficient (Wildman–Crippen LogP) is 3.40. The quantitative estimate of drug-likeness (QED) is 0.624. The molecule has 6 nitrogen and oxygen atoms in total. The zero-order valence-corrected chi connectivity index (χ0v) is 12.8. The molecule has 0 spiro atoms. The average Bonchev–Trinajstić information content (AvgIpc) is 2.48. The van der Waals surface area contributed by atoms with E-state index in [1.54, 1.807) is 24.3 Å². The zero-order valence-electron chi connectivity index (χ0n) is 11.3. The number of nitrogen functional groups attached to an aromatic ring is 1. The lowest BCUT2D eigenvalue weighted by atomic mass is 10.3. The molecule has 8 heteroatoms. The molecule has 2 rings (SSSR count). The average molecular weight is 329 g/mol. The molecule has 0 saturated carbocycles. The van der Waals surface area contributed by atoms with Crippen molar-refractivity contribution in [1.82, 2.24) is 9.97 Å². The van der Waals surface area contributed by atoms with Crippen molar-refractivity contribution in [3.8, 4) is 11.6 Å². The van der Waals surface area contributed by atoms with E-state index in [2.05, 4.69) is 15.4 Å². The second-order valence-electron chi connectivity index (χ2n) is 3.97. The van der Waals surface area contributed by atoms with Crippen molar-refractivity contribution >= 4 is 29.0 Å². The molecule has 112 valence electrons. The molecule has 21 heavy (non-hydrogen) atoms.